The van der Waals surface area contributed by atoms with Crippen molar-refractivity contribution in [1.82, 2.24) is 10.6 Å². The molecular formula is C25H34FN5O4. The van der Waals surface area contributed by atoms with Gasteiger partial charge < -0.3 is 31.6 Å². The van der Waals surface area contributed by atoms with E-state index in [9.17, 15) is 14.0 Å². The summed E-state index contributed by atoms with van der Waals surface area (Å²) in [5.41, 5.74) is 13.5. The van der Waals surface area contributed by atoms with Crippen LogP contribution in [0, 0.1) is 5.82 Å². The van der Waals surface area contributed by atoms with Crippen molar-refractivity contribution in [3.63, 3.8) is 0 Å². The summed E-state index contributed by atoms with van der Waals surface area (Å²) in [5.74, 6) is -0.829. The van der Waals surface area contributed by atoms with E-state index < -0.39 is 23.9 Å². The Hall–Kier alpha value is -3.34. The van der Waals surface area contributed by atoms with Crippen molar-refractivity contribution in [2.24, 2.45) is 11.5 Å². The van der Waals surface area contributed by atoms with Gasteiger partial charge in [0.2, 0.25) is 5.91 Å². The molecule has 1 aliphatic rings. The van der Waals surface area contributed by atoms with Crippen LogP contribution in [0.3, 0.4) is 0 Å². The van der Waals surface area contributed by atoms with Gasteiger partial charge in [-0.25, -0.2) is 9.18 Å². The number of carbonyl (C=O) groups excluding carboxylic acids is 3. The first-order valence-corrected chi connectivity index (χ1v) is 11.5. The molecule has 0 aromatic heterocycles. The first-order chi connectivity index (χ1) is 16.8. The van der Waals surface area contributed by atoms with Crippen LogP contribution < -0.4 is 27.0 Å². The molecule has 9 nitrogen and oxygen atoms in total. The number of nitrogens with zero attached hydrogens (tertiary/aromatic N) is 1. The fourth-order valence-corrected chi connectivity index (χ4v) is 3.68. The minimum Gasteiger partial charge on any atom is -0.443 e. The summed E-state index contributed by atoms with van der Waals surface area (Å²) in [4.78, 5) is 33.9. The number of nitrogens with one attached hydrogen (secondary N) is 2. The number of aldehydes is 1. The average molecular weight is 488 g/mol. The summed E-state index contributed by atoms with van der Waals surface area (Å²) in [6.45, 7) is 3.32. The van der Waals surface area contributed by atoms with E-state index in [0.717, 1.165) is 11.8 Å². The number of nitrogens with two attached hydrogens (primary N) is 2. The van der Waals surface area contributed by atoms with Crippen molar-refractivity contribution < 1.29 is 23.5 Å². The lowest BCUT2D eigenvalue weighted by Gasteiger charge is -2.16. The maximum atomic E-state index is 14.9. The third kappa shape index (κ3) is 8.13. The molecule has 2 atom stereocenters. The number of primary amides is 1. The van der Waals surface area contributed by atoms with E-state index in [1.54, 1.807) is 19.2 Å². The molecule has 1 heterocycles. The van der Waals surface area contributed by atoms with Gasteiger partial charge in [0.25, 0.3) is 0 Å². The Kier molecular flexibility index (Phi) is 11.3. The topological polar surface area (TPSA) is 140 Å². The number of carbonyl (C=O) groups is 3. The third-order valence-corrected chi connectivity index (χ3v) is 5.43. The number of hydrogen-bond acceptors (Lipinski definition) is 7. The minimum absolute atomic E-state index is 0.263. The van der Waals surface area contributed by atoms with Crippen LogP contribution in [-0.4, -0.2) is 57.1 Å². The molecule has 1 saturated heterocycles. The van der Waals surface area contributed by atoms with Gasteiger partial charge in [-0.2, -0.15) is 0 Å². The highest BCUT2D eigenvalue weighted by Gasteiger charge is 2.32. The molecule has 0 aliphatic carbocycles. The summed E-state index contributed by atoms with van der Waals surface area (Å²) < 4.78 is 20.1. The first-order valence-electron chi connectivity index (χ1n) is 11.5. The molecule has 10 heteroatoms. The lowest BCUT2D eigenvalue weighted by molar-refractivity contribution is -0.120. The predicted octanol–water partition coefficient (Wildman–Crippen LogP) is 1.92. The molecule has 1 aliphatic heterocycles. The zero-order valence-corrected chi connectivity index (χ0v) is 20.1. The van der Waals surface area contributed by atoms with Crippen LogP contribution in [0.2, 0.25) is 0 Å². The van der Waals surface area contributed by atoms with Gasteiger partial charge in [0.15, 0.2) is 0 Å². The Morgan fingerprint density at radius 3 is 2.54 bits per heavy atom. The maximum absolute atomic E-state index is 14.9. The van der Waals surface area contributed by atoms with E-state index >= 15 is 0 Å². The van der Waals surface area contributed by atoms with Gasteiger partial charge >= 0.3 is 6.09 Å². The Morgan fingerprint density at radius 2 is 1.97 bits per heavy atom. The SMILES string of the molecule is CC=O.CNCC1CN(c2ccc(-c3ccc(CNC(CCCN)C(N)=O)cc3)c(F)c2)C(=O)O1. The van der Waals surface area contributed by atoms with E-state index in [-0.39, 0.29) is 6.10 Å². The van der Waals surface area contributed by atoms with Crippen LogP contribution in [0.15, 0.2) is 42.5 Å². The number of amides is 2. The summed E-state index contributed by atoms with van der Waals surface area (Å²) in [7, 11) is 1.78. The Labute approximate surface area is 205 Å². The number of anilines is 1. The molecule has 0 bridgehead atoms. The number of benzene rings is 2. The zero-order chi connectivity index (χ0) is 25.8. The highest BCUT2D eigenvalue weighted by atomic mass is 19.1. The molecule has 0 radical (unpaired) electrons. The number of rotatable bonds is 11. The predicted molar refractivity (Wildman–Crippen MR) is 133 cm³/mol. The molecule has 2 unspecified atom stereocenters. The van der Waals surface area contributed by atoms with Gasteiger partial charge in [0.1, 0.15) is 18.2 Å². The number of cyclic esters (lactones) is 1. The van der Waals surface area contributed by atoms with Crippen molar-refractivity contribution in [1.29, 1.82) is 0 Å². The van der Waals surface area contributed by atoms with Gasteiger partial charge in [0, 0.05) is 18.7 Å². The van der Waals surface area contributed by atoms with E-state index in [0.29, 0.717) is 55.8 Å². The maximum Gasteiger partial charge on any atom is 0.414 e. The molecule has 0 spiro atoms. The van der Waals surface area contributed by atoms with Crippen LogP contribution in [-0.2, 0) is 20.9 Å². The molecular weight excluding hydrogens is 453 g/mol. The monoisotopic (exact) mass is 487 g/mol. The van der Waals surface area contributed by atoms with Crippen molar-refractivity contribution in [2.75, 3.05) is 31.6 Å². The highest BCUT2D eigenvalue weighted by Crippen LogP contribution is 2.29. The quantitative estimate of drug-likeness (QED) is 0.355. The Morgan fingerprint density at radius 1 is 1.29 bits per heavy atom. The molecule has 3 rings (SSSR count). The molecule has 190 valence electrons. The number of likely N-dealkylation sites (N-methyl/N-ethyl adjacent to an activating group) is 1. The second kappa shape index (κ2) is 14.1. The summed E-state index contributed by atoms with van der Waals surface area (Å²) in [6.07, 6.45) is 1.30. The summed E-state index contributed by atoms with van der Waals surface area (Å²) in [5, 5.41) is 6.11. The lowest BCUT2D eigenvalue weighted by atomic mass is 10.0. The standard InChI is InChI=1S/C23H30FN5O3.C2H4O/c1-27-13-18-14-29(23(31)32-18)17-8-9-19(20(24)11-17)16-6-4-15(5-7-16)12-28-21(22(26)30)3-2-10-25;1-2-3/h4-9,11,18,21,27-28H,2-3,10,12-14,25H2,1H3,(H2,26,30);2H,1H3. The van der Waals surface area contributed by atoms with Gasteiger partial charge in [0.05, 0.1) is 18.3 Å². The van der Waals surface area contributed by atoms with Gasteiger partial charge in [-0.3, -0.25) is 9.69 Å². The smallest absolute Gasteiger partial charge is 0.414 e. The van der Waals surface area contributed by atoms with Gasteiger partial charge in [-0.15, -0.1) is 0 Å². The minimum atomic E-state index is -0.477. The molecule has 0 saturated carbocycles. The second-order valence-corrected chi connectivity index (χ2v) is 8.04. The molecule has 2 aromatic carbocycles. The number of ether oxygens (including phenoxy) is 1. The zero-order valence-electron chi connectivity index (χ0n) is 20.1. The molecule has 1 fully saturated rings. The lowest BCUT2D eigenvalue weighted by Crippen LogP contribution is -2.41. The molecule has 2 aromatic rings. The van der Waals surface area contributed by atoms with Crippen molar-refractivity contribution in [3.05, 3.63) is 53.8 Å². The van der Waals surface area contributed by atoms with Gasteiger partial charge in [-0.1, -0.05) is 24.3 Å². The van der Waals surface area contributed by atoms with E-state index in [1.165, 1.54) is 17.9 Å². The van der Waals surface area contributed by atoms with Crippen LogP contribution >= 0.6 is 0 Å². The van der Waals surface area contributed by atoms with Crippen LogP contribution in [0.4, 0.5) is 14.9 Å². The van der Waals surface area contributed by atoms with Crippen LogP contribution in [0.5, 0.6) is 0 Å². The fraction of sp³-hybridized carbons (Fsp3) is 0.400. The van der Waals surface area contributed by atoms with E-state index in [4.69, 9.17) is 21.0 Å². The number of hydrogen-bond donors (Lipinski definition) is 4. The first kappa shape index (κ1) is 27.9. The van der Waals surface area contributed by atoms with E-state index in [2.05, 4.69) is 10.6 Å². The molecule has 35 heavy (non-hydrogen) atoms. The fourth-order valence-electron chi connectivity index (χ4n) is 3.68. The normalized spacial score (nSPS) is 15.7. The van der Waals surface area contributed by atoms with Crippen molar-refractivity contribution in [2.45, 2.75) is 38.5 Å². The molecule has 2 amide bonds. The average Bonchev–Trinajstić information content (AvgIpc) is 3.20. The largest absolute Gasteiger partial charge is 0.443 e. The highest BCUT2D eigenvalue weighted by molar-refractivity contribution is 5.90. The second-order valence-electron chi connectivity index (χ2n) is 8.04. The van der Waals surface area contributed by atoms with E-state index in [1.807, 2.05) is 24.3 Å². The number of halogens is 1. The summed E-state index contributed by atoms with van der Waals surface area (Å²) >= 11 is 0. The third-order valence-electron chi connectivity index (χ3n) is 5.43. The van der Waals surface area contributed by atoms with Crippen molar-refractivity contribution >= 4 is 24.0 Å². The summed E-state index contributed by atoms with van der Waals surface area (Å²) in [6, 6.07) is 11.7. The molecule has 6 N–H and O–H groups in total. The Balaban J connectivity index is 0.00000137. The van der Waals surface area contributed by atoms with Crippen LogP contribution in [0.1, 0.15) is 25.3 Å². The van der Waals surface area contributed by atoms with Crippen molar-refractivity contribution in [3.8, 4) is 11.1 Å². The van der Waals surface area contributed by atoms with Gasteiger partial charge in [-0.05, 0) is 62.7 Å². The Bertz CT molecular complexity index is 986. The van der Waals surface area contributed by atoms with Crippen LogP contribution in [0.25, 0.3) is 11.1 Å².